The Balaban J connectivity index is 1.96. The third kappa shape index (κ3) is 4.33. The molecule has 0 bridgehead atoms. The smallest absolute Gasteiger partial charge is 0.272 e. The largest absolute Gasteiger partial charge is 0.484 e. The molecule has 2 rings (SSSR count). The van der Waals surface area contributed by atoms with Crippen LogP contribution in [-0.4, -0.2) is 23.4 Å². The van der Waals surface area contributed by atoms with Crippen molar-refractivity contribution in [2.45, 2.75) is 0 Å². The molecule has 0 aliphatic carbocycles. The van der Waals surface area contributed by atoms with E-state index in [9.17, 15) is 9.59 Å². The lowest BCUT2D eigenvalue weighted by molar-refractivity contribution is -0.123. The fourth-order valence-electron chi connectivity index (χ4n) is 1.55. The molecule has 7 nitrogen and oxygen atoms in total. The standard InChI is InChI=1S/C13H12Br2N4O3/c14-9-5-10(18-12(9)15)13(21)17-7-1-3-8(4-2-7)22-6-11(20)19-16/h1-5,18H,6,16H2,(H,17,21)(H,19,20). The zero-order valence-corrected chi connectivity index (χ0v) is 14.3. The van der Waals surface area contributed by atoms with Crippen molar-refractivity contribution in [1.82, 2.24) is 10.4 Å². The van der Waals surface area contributed by atoms with Crippen LogP contribution in [0, 0.1) is 0 Å². The molecule has 1 aromatic heterocycles. The first-order chi connectivity index (χ1) is 10.5. The molecule has 1 aromatic carbocycles. The van der Waals surface area contributed by atoms with Crippen molar-refractivity contribution in [1.29, 1.82) is 0 Å². The van der Waals surface area contributed by atoms with Gasteiger partial charge in [0.25, 0.3) is 11.8 Å². The maximum absolute atomic E-state index is 12.0. The molecule has 0 aliphatic heterocycles. The van der Waals surface area contributed by atoms with Gasteiger partial charge in [-0.3, -0.25) is 15.0 Å². The first-order valence-corrected chi connectivity index (χ1v) is 7.66. The van der Waals surface area contributed by atoms with Crippen molar-refractivity contribution >= 4 is 49.4 Å². The SMILES string of the molecule is NNC(=O)COc1ccc(NC(=O)c2cc(Br)c(Br)[nH]2)cc1. The second-order valence-electron chi connectivity index (χ2n) is 4.18. The van der Waals surface area contributed by atoms with E-state index in [4.69, 9.17) is 10.6 Å². The molecule has 116 valence electrons. The van der Waals surface area contributed by atoms with E-state index >= 15 is 0 Å². The number of nitrogens with two attached hydrogens (primary N) is 1. The van der Waals surface area contributed by atoms with E-state index in [1.807, 2.05) is 5.43 Å². The molecule has 5 N–H and O–H groups in total. The number of aromatic nitrogens is 1. The van der Waals surface area contributed by atoms with E-state index < -0.39 is 5.91 Å². The Hall–Kier alpha value is -1.84. The number of aromatic amines is 1. The van der Waals surface area contributed by atoms with Gasteiger partial charge in [-0.15, -0.1) is 0 Å². The molecule has 0 radical (unpaired) electrons. The third-order valence-electron chi connectivity index (χ3n) is 2.61. The number of hydrazine groups is 1. The molecular weight excluding hydrogens is 420 g/mol. The number of hydrogen-bond acceptors (Lipinski definition) is 4. The highest BCUT2D eigenvalue weighted by Gasteiger charge is 2.11. The van der Waals surface area contributed by atoms with Crippen molar-refractivity contribution in [2.24, 2.45) is 5.84 Å². The van der Waals surface area contributed by atoms with E-state index in [1.165, 1.54) is 0 Å². The molecule has 0 saturated carbocycles. The number of halogens is 2. The summed E-state index contributed by atoms with van der Waals surface area (Å²) in [5.74, 6) is 4.73. The van der Waals surface area contributed by atoms with Gasteiger partial charge in [-0.1, -0.05) is 0 Å². The van der Waals surface area contributed by atoms with Crippen LogP contribution >= 0.6 is 31.9 Å². The van der Waals surface area contributed by atoms with E-state index in [2.05, 4.69) is 42.2 Å². The minimum Gasteiger partial charge on any atom is -0.484 e. The second-order valence-corrected chi connectivity index (χ2v) is 5.83. The summed E-state index contributed by atoms with van der Waals surface area (Å²) in [6.45, 7) is -0.174. The second kappa shape index (κ2) is 7.43. The number of nitrogens with one attached hydrogen (secondary N) is 3. The highest BCUT2D eigenvalue weighted by atomic mass is 79.9. The summed E-state index contributed by atoms with van der Waals surface area (Å²) >= 11 is 6.57. The average molecular weight is 432 g/mol. The van der Waals surface area contributed by atoms with Crippen molar-refractivity contribution in [3.05, 3.63) is 45.1 Å². The van der Waals surface area contributed by atoms with Gasteiger partial charge >= 0.3 is 0 Å². The lowest BCUT2D eigenvalue weighted by Gasteiger charge is -2.07. The number of H-pyrrole nitrogens is 1. The molecule has 0 spiro atoms. The lowest BCUT2D eigenvalue weighted by Crippen LogP contribution is -2.34. The third-order valence-corrected chi connectivity index (χ3v) is 4.40. The lowest BCUT2D eigenvalue weighted by atomic mass is 10.3. The van der Waals surface area contributed by atoms with Crippen LogP contribution < -0.4 is 21.3 Å². The summed E-state index contributed by atoms with van der Waals surface area (Å²) in [5.41, 5.74) is 2.98. The predicted molar refractivity (Wildman–Crippen MR) is 88.4 cm³/mol. The fourth-order valence-corrected chi connectivity index (χ4v) is 2.21. The average Bonchev–Trinajstić information content (AvgIpc) is 2.86. The fraction of sp³-hybridized carbons (Fsp3) is 0.0769. The van der Waals surface area contributed by atoms with Crippen LogP contribution in [0.2, 0.25) is 0 Å². The molecule has 0 unspecified atom stereocenters. The number of ether oxygens (including phenoxy) is 1. The van der Waals surface area contributed by atoms with Crippen LogP contribution in [0.15, 0.2) is 39.4 Å². The number of amides is 2. The van der Waals surface area contributed by atoms with E-state index in [1.54, 1.807) is 30.3 Å². The van der Waals surface area contributed by atoms with Gasteiger partial charge in [0, 0.05) is 5.69 Å². The summed E-state index contributed by atoms with van der Waals surface area (Å²) < 4.78 is 6.66. The Morgan fingerprint density at radius 2 is 1.91 bits per heavy atom. The Morgan fingerprint density at radius 1 is 1.23 bits per heavy atom. The molecule has 2 amide bonds. The van der Waals surface area contributed by atoms with Gasteiger partial charge < -0.3 is 15.0 Å². The van der Waals surface area contributed by atoms with Crippen LogP contribution in [0.25, 0.3) is 0 Å². The Bertz CT molecular complexity index is 666. The van der Waals surface area contributed by atoms with Crippen LogP contribution in [0.5, 0.6) is 5.75 Å². The monoisotopic (exact) mass is 430 g/mol. The topological polar surface area (TPSA) is 109 Å². The number of hydrogen-bond donors (Lipinski definition) is 4. The van der Waals surface area contributed by atoms with Crippen molar-refractivity contribution in [3.63, 3.8) is 0 Å². The van der Waals surface area contributed by atoms with Gasteiger partial charge in [0.1, 0.15) is 11.4 Å². The molecular formula is C13H12Br2N4O3. The van der Waals surface area contributed by atoms with Gasteiger partial charge in [0.05, 0.1) is 9.08 Å². The quantitative estimate of drug-likeness (QED) is 0.330. The molecule has 0 atom stereocenters. The molecule has 0 aliphatic rings. The van der Waals surface area contributed by atoms with Crippen LogP contribution in [0.3, 0.4) is 0 Å². The number of benzene rings is 1. The molecule has 2 aromatic rings. The Kier molecular flexibility index (Phi) is 5.58. The first-order valence-electron chi connectivity index (χ1n) is 6.07. The summed E-state index contributed by atoms with van der Waals surface area (Å²) in [4.78, 5) is 25.9. The van der Waals surface area contributed by atoms with Crippen LogP contribution in [0.1, 0.15) is 10.5 Å². The zero-order chi connectivity index (χ0) is 16.1. The van der Waals surface area contributed by atoms with Gasteiger partial charge in [-0.05, 0) is 62.2 Å². The first kappa shape index (κ1) is 16.5. The maximum atomic E-state index is 12.0. The summed E-state index contributed by atoms with van der Waals surface area (Å²) in [6.07, 6.45) is 0. The molecule has 22 heavy (non-hydrogen) atoms. The molecule has 0 fully saturated rings. The number of carbonyl (C=O) groups is 2. The van der Waals surface area contributed by atoms with Crippen molar-refractivity contribution in [2.75, 3.05) is 11.9 Å². The van der Waals surface area contributed by atoms with E-state index in [-0.39, 0.29) is 12.5 Å². The van der Waals surface area contributed by atoms with Gasteiger partial charge in [-0.2, -0.15) is 0 Å². The van der Waals surface area contributed by atoms with Crippen molar-refractivity contribution < 1.29 is 14.3 Å². The molecule has 9 heteroatoms. The predicted octanol–water partition coefficient (Wildman–Crippen LogP) is 2.16. The van der Waals surface area contributed by atoms with Crippen LogP contribution in [-0.2, 0) is 4.79 Å². The summed E-state index contributed by atoms with van der Waals surface area (Å²) in [6, 6.07) is 8.28. The molecule has 0 saturated heterocycles. The number of carbonyl (C=O) groups excluding carboxylic acids is 2. The Labute approximate surface area is 142 Å². The van der Waals surface area contributed by atoms with Gasteiger partial charge in [0.15, 0.2) is 6.61 Å². The van der Waals surface area contributed by atoms with Gasteiger partial charge in [-0.25, -0.2) is 5.84 Å². The normalized spacial score (nSPS) is 10.1. The van der Waals surface area contributed by atoms with E-state index in [0.29, 0.717) is 21.7 Å². The minimum absolute atomic E-state index is 0.174. The summed E-state index contributed by atoms with van der Waals surface area (Å²) in [5, 5.41) is 2.74. The highest BCUT2D eigenvalue weighted by molar-refractivity contribution is 9.13. The summed E-state index contributed by atoms with van der Waals surface area (Å²) in [7, 11) is 0. The zero-order valence-electron chi connectivity index (χ0n) is 11.2. The minimum atomic E-state index is -0.430. The number of anilines is 1. The van der Waals surface area contributed by atoms with Crippen LogP contribution in [0.4, 0.5) is 5.69 Å². The number of rotatable bonds is 5. The molecule has 1 heterocycles. The maximum Gasteiger partial charge on any atom is 0.272 e. The van der Waals surface area contributed by atoms with Gasteiger partial charge in [0.2, 0.25) is 0 Å². The highest BCUT2D eigenvalue weighted by Crippen LogP contribution is 2.24. The van der Waals surface area contributed by atoms with E-state index in [0.717, 1.165) is 4.47 Å². The Morgan fingerprint density at radius 3 is 2.45 bits per heavy atom. The van der Waals surface area contributed by atoms with Crippen molar-refractivity contribution in [3.8, 4) is 5.75 Å².